The number of halogens is 4. The Labute approximate surface area is 126 Å². The lowest BCUT2D eigenvalue weighted by Crippen LogP contribution is -2.06. The SMILES string of the molecule is CCOC(=O)c1c2ccc(Br)ccc-2c(C(F)(F)F)c1O. The van der Waals surface area contributed by atoms with E-state index in [1.54, 1.807) is 0 Å². The summed E-state index contributed by atoms with van der Waals surface area (Å²) in [5.74, 6) is -2.09. The molecule has 0 aromatic heterocycles. The molecular weight excluding hydrogens is 353 g/mol. The van der Waals surface area contributed by atoms with Crippen molar-refractivity contribution >= 4 is 21.9 Å². The zero-order chi connectivity index (χ0) is 15.8. The molecule has 0 unspecified atom stereocenters. The van der Waals surface area contributed by atoms with E-state index < -0.39 is 29.0 Å². The first-order valence-electron chi connectivity index (χ1n) is 5.95. The Hall–Kier alpha value is -1.76. The summed E-state index contributed by atoms with van der Waals surface area (Å²) in [6.07, 6.45) is -4.78. The minimum atomic E-state index is -4.78. The molecule has 3 nitrogen and oxygen atoms in total. The van der Waals surface area contributed by atoms with E-state index >= 15 is 0 Å². The van der Waals surface area contributed by atoms with Crippen LogP contribution in [0.4, 0.5) is 13.2 Å². The van der Waals surface area contributed by atoms with E-state index in [-0.39, 0.29) is 17.7 Å². The third-order valence-corrected chi connectivity index (χ3v) is 3.41. The van der Waals surface area contributed by atoms with Crippen LogP contribution in [0.3, 0.4) is 0 Å². The van der Waals surface area contributed by atoms with Crippen LogP contribution in [0, 0.1) is 0 Å². The van der Waals surface area contributed by atoms with E-state index in [4.69, 9.17) is 4.74 Å². The lowest BCUT2D eigenvalue weighted by Gasteiger charge is -2.06. The predicted molar refractivity (Wildman–Crippen MR) is 73.4 cm³/mol. The molecule has 7 heteroatoms. The van der Waals surface area contributed by atoms with Crippen LogP contribution in [-0.4, -0.2) is 17.7 Å². The van der Waals surface area contributed by atoms with Crippen LogP contribution in [-0.2, 0) is 10.9 Å². The summed E-state index contributed by atoms with van der Waals surface area (Å²) in [5, 5.41) is 9.86. The fraction of sp³-hybridized carbons (Fsp3) is 0.214. The Morgan fingerprint density at radius 3 is 2.33 bits per heavy atom. The van der Waals surface area contributed by atoms with Crippen molar-refractivity contribution < 1.29 is 27.8 Å². The first-order valence-corrected chi connectivity index (χ1v) is 6.75. The summed E-state index contributed by atoms with van der Waals surface area (Å²) in [6.45, 7) is 1.52. The maximum absolute atomic E-state index is 13.1. The molecule has 0 radical (unpaired) electrons. The zero-order valence-electron chi connectivity index (χ0n) is 10.8. The fourth-order valence-electron chi connectivity index (χ4n) is 2.07. The van der Waals surface area contributed by atoms with Crippen molar-refractivity contribution in [1.82, 2.24) is 0 Å². The Kier molecular flexibility index (Phi) is 4.13. The van der Waals surface area contributed by atoms with Gasteiger partial charge in [-0.25, -0.2) is 4.79 Å². The van der Waals surface area contributed by atoms with Gasteiger partial charge in [0.15, 0.2) is 0 Å². The van der Waals surface area contributed by atoms with Crippen LogP contribution in [0.5, 0.6) is 5.75 Å². The van der Waals surface area contributed by atoms with Crippen LogP contribution in [0.1, 0.15) is 22.8 Å². The molecule has 1 N–H and O–H groups in total. The molecule has 0 saturated carbocycles. The minimum absolute atomic E-state index is 0.00501. The second kappa shape index (κ2) is 5.55. The molecule has 2 rings (SSSR count). The van der Waals surface area contributed by atoms with Gasteiger partial charge in [-0.3, -0.25) is 0 Å². The van der Waals surface area contributed by atoms with Gasteiger partial charge in [0.2, 0.25) is 0 Å². The summed E-state index contributed by atoms with van der Waals surface area (Å²) in [6, 6.07) is 5.43. The number of carbonyl (C=O) groups is 1. The minimum Gasteiger partial charge on any atom is -0.506 e. The van der Waals surface area contributed by atoms with Gasteiger partial charge in [-0.1, -0.05) is 28.1 Å². The summed E-state index contributed by atoms with van der Waals surface area (Å²) >= 11 is 3.15. The summed E-state index contributed by atoms with van der Waals surface area (Å²) in [4.78, 5) is 11.8. The normalized spacial score (nSPS) is 11.7. The first-order chi connectivity index (χ1) is 9.77. The number of alkyl halides is 3. The molecule has 0 heterocycles. The van der Waals surface area contributed by atoms with Gasteiger partial charge in [-0.05, 0) is 24.6 Å². The van der Waals surface area contributed by atoms with Gasteiger partial charge in [0, 0.05) is 10.0 Å². The fourth-order valence-corrected chi connectivity index (χ4v) is 2.34. The van der Waals surface area contributed by atoms with Crippen molar-refractivity contribution in [2.24, 2.45) is 0 Å². The number of carbonyl (C=O) groups excluding carboxylic acids is 1. The third kappa shape index (κ3) is 2.83. The van der Waals surface area contributed by atoms with E-state index in [0.717, 1.165) is 0 Å². The van der Waals surface area contributed by atoms with E-state index in [0.29, 0.717) is 4.47 Å². The molecule has 0 amide bonds. The smallest absolute Gasteiger partial charge is 0.420 e. The molecule has 0 aromatic carbocycles. The topological polar surface area (TPSA) is 46.5 Å². The van der Waals surface area contributed by atoms with E-state index in [1.165, 1.54) is 31.2 Å². The molecular formula is C14H10BrF3O3. The average Bonchev–Trinajstić information content (AvgIpc) is 2.53. The largest absolute Gasteiger partial charge is 0.506 e. The molecule has 21 heavy (non-hydrogen) atoms. The second-order valence-corrected chi connectivity index (χ2v) is 5.11. The highest BCUT2D eigenvalue weighted by atomic mass is 79.9. The van der Waals surface area contributed by atoms with Gasteiger partial charge in [0.1, 0.15) is 16.9 Å². The lowest BCUT2D eigenvalue weighted by molar-refractivity contribution is -0.138. The lowest BCUT2D eigenvalue weighted by atomic mass is 10.1. The van der Waals surface area contributed by atoms with Crippen molar-refractivity contribution in [2.45, 2.75) is 13.1 Å². The van der Waals surface area contributed by atoms with E-state index in [1.807, 2.05) is 0 Å². The molecule has 2 aliphatic rings. The molecule has 0 aliphatic heterocycles. The standard InChI is InChI=1S/C14H10BrF3O3/c1-2-21-13(20)10-8-5-3-7(15)4-6-9(8)11(12(10)19)14(16,17)18/h3-6,19H,2H2,1H3. The van der Waals surface area contributed by atoms with Gasteiger partial charge >= 0.3 is 12.1 Å². The molecule has 0 bridgehead atoms. The molecule has 0 spiro atoms. The molecule has 0 atom stereocenters. The Bertz CT molecular complexity index is 668. The second-order valence-electron chi connectivity index (χ2n) is 4.20. The molecule has 112 valence electrons. The zero-order valence-corrected chi connectivity index (χ0v) is 12.4. The van der Waals surface area contributed by atoms with Gasteiger partial charge < -0.3 is 9.84 Å². The Morgan fingerprint density at radius 1 is 1.24 bits per heavy atom. The third-order valence-electron chi connectivity index (χ3n) is 2.88. The highest BCUT2D eigenvalue weighted by Gasteiger charge is 2.42. The van der Waals surface area contributed by atoms with Crippen molar-refractivity contribution in [3.05, 3.63) is 39.9 Å². The number of aromatic hydroxyl groups is 1. The summed E-state index contributed by atoms with van der Waals surface area (Å²) < 4.78 is 44.7. The van der Waals surface area contributed by atoms with Crippen LogP contribution in [0.15, 0.2) is 28.7 Å². The number of rotatable bonds is 2. The molecule has 0 aromatic rings. The highest BCUT2D eigenvalue weighted by molar-refractivity contribution is 9.10. The monoisotopic (exact) mass is 362 g/mol. The number of hydrogen-bond donors (Lipinski definition) is 1. The number of ether oxygens (including phenoxy) is 1. The molecule has 0 fully saturated rings. The van der Waals surface area contributed by atoms with E-state index in [9.17, 15) is 23.1 Å². The predicted octanol–water partition coefficient (Wildman–Crippen LogP) is 4.46. The average molecular weight is 363 g/mol. The maximum Gasteiger partial charge on any atom is 0.420 e. The van der Waals surface area contributed by atoms with Gasteiger partial charge in [0.25, 0.3) is 0 Å². The van der Waals surface area contributed by atoms with E-state index in [2.05, 4.69) is 15.9 Å². The molecule has 2 aliphatic carbocycles. The van der Waals surface area contributed by atoms with Crippen LogP contribution >= 0.6 is 15.9 Å². The summed E-state index contributed by atoms with van der Waals surface area (Å²) in [7, 11) is 0. The number of esters is 1. The molecule has 0 saturated heterocycles. The van der Waals surface area contributed by atoms with Crippen LogP contribution < -0.4 is 0 Å². The van der Waals surface area contributed by atoms with Crippen molar-refractivity contribution in [1.29, 1.82) is 0 Å². The van der Waals surface area contributed by atoms with Crippen molar-refractivity contribution in [3.8, 4) is 16.9 Å². The Morgan fingerprint density at radius 2 is 1.81 bits per heavy atom. The van der Waals surface area contributed by atoms with Gasteiger partial charge in [0.05, 0.1) is 6.61 Å². The van der Waals surface area contributed by atoms with Crippen molar-refractivity contribution in [2.75, 3.05) is 6.61 Å². The van der Waals surface area contributed by atoms with Gasteiger partial charge in [-0.15, -0.1) is 0 Å². The number of fused-ring (bicyclic) bond motifs is 1. The quantitative estimate of drug-likeness (QED) is 0.802. The van der Waals surface area contributed by atoms with Crippen LogP contribution in [0.2, 0.25) is 0 Å². The number of hydrogen-bond acceptors (Lipinski definition) is 3. The van der Waals surface area contributed by atoms with Crippen molar-refractivity contribution in [3.63, 3.8) is 0 Å². The highest BCUT2D eigenvalue weighted by Crippen LogP contribution is 2.49. The van der Waals surface area contributed by atoms with Crippen LogP contribution in [0.25, 0.3) is 11.1 Å². The first kappa shape index (κ1) is 15.6. The Balaban J connectivity index is 2.81. The van der Waals surface area contributed by atoms with Gasteiger partial charge in [-0.2, -0.15) is 13.2 Å². The maximum atomic E-state index is 13.1. The summed E-state index contributed by atoms with van der Waals surface area (Å²) in [5.41, 5.74) is -1.97.